The number of fused-ring (bicyclic) bond motifs is 1. The predicted molar refractivity (Wildman–Crippen MR) is 112 cm³/mol. The molecule has 3 amide bonds. The van der Waals surface area contributed by atoms with E-state index < -0.39 is 11.9 Å². The fraction of sp³-hybridized carbons (Fsp3) is 0.429. The molecule has 156 valence electrons. The third-order valence-electron chi connectivity index (χ3n) is 6.29. The quantitative estimate of drug-likeness (QED) is 0.630. The molecule has 0 bridgehead atoms. The maximum atomic E-state index is 12.8. The summed E-state index contributed by atoms with van der Waals surface area (Å²) in [7, 11) is 0. The molecule has 30 heavy (non-hydrogen) atoms. The topological polar surface area (TPSA) is 117 Å². The van der Waals surface area contributed by atoms with Crippen LogP contribution in [0.15, 0.2) is 23.6 Å². The Hall–Kier alpha value is -2.78. The first-order valence-electron chi connectivity index (χ1n) is 10.2. The lowest BCUT2D eigenvalue weighted by Gasteiger charge is -2.36. The molecule has 1 unspecified atom stereocenters. The SMILES string of the molecule is NC1(c2csc(NCc3ccc4c(c3)CN(C3CCC(=O)NC3=O)C4=O)n2)CCC1. The molecule has 1 aromatic heterocycles. The summed E-state index contributed by atoms with van der Waals surface area (Å²) >= 11 is 1.55. The minimum absolute atomic E-state index is 0.155. The van der Waals surface area contributed by atoms with Gasteiger partial charge >= 0.3 is 0 Å². The van der Waals surface area contributed by atoms with Gasteiger partial charge in [-0.05, 0) is 42.9 Å². The Morgan fingerprint density at radius 2 is 2.13 bits per heavy atom. The van der Waals surface area contributed by atoms with Crippen LogP contribution in [0.25, 0.3) is 0 Å². The highest BCUT2D eigenvalue weighted by atomic mass is 32.1. The second kappa shape index (κ2) is 7.17. The van der Waals surface area contributed by atoms with Crippen LogP contribution in [0.3, 0.4) is 0 Å². The Morgan fingerprint density at radius 1 is 1.30 bits per heavy atom. The van der Waals surface area contributed by atoms with Crippen molar-refractivity contribution < 1.29 is 14.4 Å². The molecule has 3 heterocycles. The van der Waals surface area contributed by atoms with E-state index in [2.05, 4.69) is 15.6 Å². The summed E-state index contributed by atoms with van der Waals surface area (Å²) in [5.74, 6) is -0.827. The van der Waals surface area contributed by atoms with Gasteiger partial charge in [-0.2, -0.15) is 0 Å². The molecule has 0 radical (unpaired) electrons. The van der Waals surface area contributed by atoms with Crippen molar-refractivity contribution in [3.05, 3.63) is 46.0 Å². The maximum Gasteiger partial charge on any atom is 0.255 e. The summed E-state index contributed by atoms with van der Waals surface area (Å²) in [6.45, 7) is 0.968. The number of carbonyl (C=O) groups is 3. The number of hydrogen-bond donors (Lipinski definition) is 3. The molecule has 1 aromatic carbocycles. The largest absolute Gasteiger partial charge is 0.357 e. The van der Waals surface area contributed by atoms with Crippen LogP contribution in [-0.2, 0) is 28.2 Å². The first-order chi connectivity index (χ1) is 14.4. The van der Waals surface area contributed by atoms with E-state index in [-0.39, 0.29) is 23.8 Å². The van der Waals surface area contributed by atoms with Gasteiger partial charge in [0.25, 0.3) is 5.91 Å². The van der Waals surface area contributed by atoms with Gasteiger partial charge in [0.15, 0.2) is 5.13 Å². The van der Waals surface area contributed by atoms with Gasteiger partial charge in [-0.1, -0.05) is 12.1 Å². The third-order valence-corrected chi connectivity index (χ3v) is 7.09. The number of nitrogens with one attached hydrogen (secondary N) is 2. The van der Waals surface area contributed by atoms with E-state index in [0.717, 1.165) is 41.2 Å². The smallest absolute Gasteiger partial charge is 0.255 e. The van der Waals surface area contributed by atoms with Crippen molar-refractivity contribution in [2.24, 2.45) is 5.73 Å². The molecular formula is C21H23N5O3S. The molecule has 1 saturated carbocycles. The van der Waals surface area contributed by atoms with E-state index in [4.69, 9.17) is 5.73 Å². The van der Waals surface area contributed by atoms with Crippen LogP contribution in [0.1, 0.15) is 59.3 Å². The van der Waals surface area contributed by atoms with Gasteiger partial charge in [0.1, 0.15) is 6.04 Å². The summed E-state index contributed by atoms with van der Waals surface area (Å²) < 4.78 is 0. The van der Waals surface area contributed by atoms with Crippen molar-refractivity contribution in [3.8, 4) is 0 Å². The van der Waals surface area contributed by atoms with E-state index in [0.29, 0.717) is 25.1 Å². The van der Waals surface area contributed by atoms with Crippen molar-refractivity contribution in [1.82, 2.24) is 15.2 Å². The number of carbonyl (C=O) groups excluding carboxylic acids is 3. The van der Waals surface area contributed by atoms with Crippen LogP contribution in [-0.4, -0.2) is 33.6 Å². The van der Waals surface area contributed by atoms with Crippen molar-refractivity contribution in [2.45, 2.75) is 56.8 Å². The molecule has 2 aliphatic heterocycles. The van der Waals surface area contributed by atoms with Crippen molar-refractivity contribution >= 4 is 34.2 Å². The number of nitrogens with two attached hydrogens (primary N) is 1. The molecule has 1 saturated heterocycles. The van der Waals surface area contributed by atoms with Crippen LogP contribution in [0.4, 0.5) is 5.13 Å². The highest BCUT2D eigenvalue weighted by Crippen LogP contribution is 2.39. The highest BCUT2D eigenvalue weighted by Gasteiger charge is 2.39. The Labute approximate surface area is 177 Å². The zero-order valence-electron chi connectivity index (χ0n) is 16.4. The molecule has 0 spiro atoms. The molecule has 5 rings (SSSR count). The monoisotopic (exact) mass is 425 g/mol. The van der Waals surface area contributed by atoms with E-state index in [1.165, 1.54) is 0 Å². The van der Waals surface area contributed by atoms with Crippen molar-refractivity contribution in [2.75, 3.05) is 5.32 Å². The number of nitrogens with zero attached hydrogens (tertiary/aromatic N) is 2. The number of rotatable bonds is 5. The standard InChI is InChI=1S/C21H23N5O3S/c22-21(6-1-7-21)16-11-30-20(24-16)23-9-12-2-3-14-13(8-12)10-26(19(14)29)15-4-5-17(27)25-18(15)28/h2-3,8,11,15H,1,4-7,9-10,22H2,(H,23,24)(H,25,27,28). The Balaban J connectivity index is 1.25. The van der Waals surface area contributed by atoms with Gasteiger partial charge in [0, 0.05) is 30.5 Å². The minimum atomic E-state index is -0.590. The summed E-state index contributed by atoms with van der Waals surface area (Å²) in [4.78, 5) is 42.5. The minimum Gasteiger partial charge on any atom is -0.357 e. The van der Waals surface area contributed by atoms with E-state index in [1.807, 2.05) is 23.6 Å². The number of benzene rings is 1. The van der Waals surface area contributed by atoms with Gasteiger partial charge in [0.2, 0.25) is 11.8 Å². The average molecular weight is 426 g/mol. The summed E-state index contributed by atoms with van der Waals surface area (Å²) in [6, 6.07) is 5.14. The maximum absolute atomic E-state index is 12.8. The molecule has 3 aliphatic rings. The zero-order valence-corrected chi connectivity index (χ0v) is 17.3. The fourth-order valence-electron chi connectivity index (χ4n) is 4.31. The van der Waals surface area contributed by atoms with Gasteiger partial charge in [0.05, 0.1) is 11.2 Å². The lowest BCUT2D eigenvalue weighted by atomic mass is 9.76. The Morgan fingerprint density at radius 3 is 2.87 bits per heavy atom. The van der Waals surface area contributed by atoms with Crippen LogP contribution in [0.2, 0.25) is 0 Å². The molecule has 4 N–H and O–H groups in total. The number of anilines is 1. The summed E-state index contributed by atoms with van der Waals surface area (Å²) in [5.41, 5.74) is 9.60. The Kier molecular flexibility index (Phi) is 4.59. The predicted octanol–water partition coefficient (Wildman–Crippen LogP) is 1.85. The molecule has 8 nitrogen and oxygen atoms in total. The Bertz CT molecular complexity index is 1050. The fourth-order valence-corrected chi connectivity index (χ4v) is 5.13. The second-order valence-corrected chi connectivity index (χ2v) is 9.15. The lowest BCUT2D eigenvalue weighted by molar-refractivity contribution is -0.136. The van der Waals surface area contributed by atoms with Crippen LogP contribution in [0, 0.1) is 0 Å². The summed E-state index contributed by atoms with van der Waals surface area (Å²) in [6.07, 6.45) is 3.75. The van der Waals surface area contributed by atoms with Gasteiger partial charge in [-0.15, -0.1) is 11.3 Å². The normalized spacial score (nSPS) is 22.5. The van der Waals surface area contributed by atoms with Crippen LogP contribution < -0.4 is 16.4 Å². The first kappa shape index (κ1) is 19.2. The van der Waals surface area contributed by atoms with Crippen LogP contribution >= 0.6 is 11.3 Å². The molecule has 2 fully saturated rings. The molecule has 2 aromatic rings. The third kappa shape index (κ3) is 3.27. The van der Waals surface area contributed by atoms with Gasteiger partial charge in [-0.3, -0.25) is 19.7 Å². The molecular weight excluding hydrogens is 402 g/mol. The van der Waals surface area contributed by atoms with E-state index in [9.17, 15) is 14.4 Å². The van der Waals surface area contributed by atoms with Crippen LogP contribution in [0.5, 0.6) is 0 Å². The van der Waals surface area contributed by atoms with E-state index >= 15 is 0 Å². The molecule has 1 aliphatic carbocycles. The number of aromatic nitrogens is 1. The zero-order chi connectivity index (χ0) is 20.9. The number of amides is 3. The molecule has 9 heteroatoms. The number of imide groups is 1. The summed E-state index contributed by atoms with van der Waals surface area (Å²) in [5, 5.41) is 8.54. The molecule has 1 atom stereocenters. The number of piperidine rings is 1. The van der Waals surface area contributed by atoms with Crippen molar-refractivity contribution in [3.63, 3.8) is 0 Å². The second-order valence-electron chi connectivity index (χ2n) is 8.29. The number of thiazole rings is 1. The van der Waals surface area contributed by atoms with Crippen molar-refractivity contribution in [1.29, 1.82) is 0 Å². The lowest BCUT2D eigenvalue weighted by Crippen LogP contribution is -2.52. The first-order valence-corrected chi connectivity index (χ1v) is 11.1. The highest BCUT2D eigenvalue weighted by molar-refractivity contribution is 7.13. The number of hydrogen-bond acceptors (Lipinski definition) is 7. The van der Waals surface area contributed by atoms with E-state index in [1.54, 1.807) is 16.2 Å². The van der Waals surface area contributed by atoms with Gasteiger partial charge in [-0.25, -0.2) is 4.98 Å². The van der Waals surface area contributed by atoms with Gasteiger partial charge < -0.3 is 16.0 Å². The average Bonchev–Trinajstić information content (AvgIpc) is 3.30.